The van der Waals surface area contributed by atoms with Crippen LogP contribution in [0.3, 0.4) is 0 Å². The van der Waals surface area contributed by atoms with Gasteiger partial charge in [0.05, 0.1) is 12.1 Å². The van der Waals surface area contributed by atoms with Gasteiger partial charge in [0.1, 0.15) is 0 Å². The summed E-state index contributed by atoms with van der Waals surface area (Å²) >= 11 is 0. The standard InChI is InChI=1S/C15H22N2O2/c1-11-5-3-4-6-12(11)7-8-16-15(18)14-9-13(19-2)10-17-14/h3-6,13-14,17H,7-10H2,1-2H3,(H,16,18). The molecule has 1 heterocycles. The van der Waals surface area contributed by atoms with Gasteiger partial charge in [0.15, 0.2) is 0 Å². The molecule has 1 fully saturated rings. The SMILES string of the molecule is COC1CNC(C(=O)NCCc2ccccc2C)C1. The molecule has 0 aliphatic carbocycles. The quantitative estimate of drug-likeness (QED) is 0.833. The predicted octanol–water partition coefficient (Wildman–Crippen LogP) is 1.03. The molecule has 2 unspecified atom stereocenters. The normalized spacial score (nSPS) is 22.4. The van der Waals surface area contributed by atoms with Crippen molar-refractivity contribution in [1.29, 1.82) is 0 Å². The Balaban J connectivity index is 1.74. The monoisotopic (exact) mass is 262 g/mol. The van der Waals surface area contributed by atoms with Crippen LogP contribution < -0.4 is 10.6 Å². The molecule has 1 saturated heterocycles. The van der Waals surface area contributed by atoms with Gasteiger partial charge >= 0.3 is 0 Å². The number of carbonyl (C=O) groups excluding carboxylic acids is 1. The lowest BCUT2D eigenvalue weighted by molar-refractivity contribution is -0.122. The van der Waals surface area contributed by atoms with Crippen LogP contribution in [0.5, 0.6) is 0 Å². The maximum atomic E-state index is 12.0. The first kappa shape index (κ1) is 14.0. The van der Waals surface area contributed by atoms with Crippen LogP contribution >= 0.6 is 0 Å². The minimum absolute atomic E-state index is 0.0770. The summed E-state index contributed by atoms with van der Waals surface area (Å²) in [6, 6.07) is 8.16. The Labute approximate surface area is 114 Å². The first-order valence-corrected chi connectivity index (χ1v) is 6.79. The smallest absolute Gasteiger partial charge is 0.237 e. The molecule has 2 atom stereocenters. The Morgan fingerprint density at radius 2 is 2.26 bits per heavy atom. The van der Waals surface area contributed by atoms with E-state index in [2.05, 4.69) is 29.7 Å². The van der Waals surface area contributed by atoms with Crippen molar-refractivity contribution in [2.75, 3.05) is 20.2 Å². The van der Waals surface area contributed by atoms with Crippen molar-refractivity contribution in [2.45, 2.75) is 31.9 Å². The molecule has 4 heteroatoms. The molecule has 0 bridgehead atoms. The number of amides is 1. The van der Waals surface area contributed by atoms with Crippen molar-refractivity contribution >= 4 is 5.91 Å². The Morgan fingerprint density at radius 3 is 2.95 bits per heavy atom. The molecule has 0 saturated carbocycles. The average Bonchev–Trinajstić information content (AvgIpc) is 2.90. The fourth-order valence-corrected chi connectivity index (χ4v) is 2.42. The highest BCUT2D eigenvalue weighted by Crippen LogP contribution is 2.10. The van der Waals surface area contributed by atoms with E-state index >= 15 is 0 Å². The molecule has 19 heavy (non-hydrogen) atoms. The van der Waals surface area contributed by atoms with E-state index in [1.165, 1.54) is 11.1 Å². The summed E-state index contributed by atoms with van der Waals surface area (Å²) in [6.07, 6.45) is 1.79. The largest absolute Gasteiger partial charge is 0.380 e. The fourth-order valence-electron chi connectivity index (χ4n) is 2.42. The van der Waals surface area contributed by atoms with Gasteiger partial charge in [0.25, 0.3) is 0 Å². The van der Waals surface area contributed by atoms with Gasteiger partial charge in [-0.05, 0) is 30.9 Å². The second-order valence-corrected chi connectivity index (χ2v) is 5.02. The lowest BCUT2D eigenvalue weighted by Crippen LogP contribution is -2.41. The number of hydrogen-bond acceptors (Lipinski definition) is 3. The van der Waals surface area contributed by atoms with Crippen LogP contribution in [0.2, 0.25) is 0 Å². The molecule has 4 nitrogen and oxygen atoms in total. The maximum absolute atomic E-state index is 12.0. The summed E-state index contributed by atoms with van der Waals surface area (Å²) in [6.45, 7) is 3.53. The molecular weight excluding hydrogens is 240 g/mol. The molecule has 2 N–H and O–H groups in total. The van der Waals surface area contributed by atoms with E-state index in [1.807, 2.05) is 12.1 Å². The Hall–Kier alpha value is -1.39. The van der Waals surface area contributed by atoms with Crippen molar-refractivity contribution in [3.8, 4) is 0 Å². The van der Waals surface area contributed by atoms with Crippen LogP contribution in [0.4, 0.5) is 0 Å². The third-order valence-electron chi connectivity index (χ3n) is 3.70. The number of hydrogen-bond donors (Lipinski definition) is 2. The highest BCUT2D eigenvalue weighted by molar-refractivity contribution is 5.82. The minimum atomic E-state index is -0.109. The second-order valence-electron chi connectivity index (χ2n) is 5.02. The summed E-state index contributed by atoms with van der Waals surface area (Å²) in [5, 5.41) is 6.17. The zero-order chi connectivity index (χ0) is 13.7. The van der Waals surface area contributed by atoms with Gasteiger partial charge in [-0.3, -0.25) is 4.79 Å². The summed E-state index contributed by atoms with van der Waals surface area (Å²) in [7, 11) is 1.69. The molecule has 1 aromatic carbocycles. The van der Waals surface area contributed by atoms with Gasteiger partial charge < -0.3 is 15.4 Å². The molecule has 1 aliphatic heterocycles. The highest BCUT2D eigenvalue weighted by atomic mass is 16.5. The lowest BCUT2D eigenvalue weighted by atomic mass is 10.1. The minimum Gasteiger partial charge on any atom is -0.380 e. The molecule has 2 rings (SSSR count). The van der Waals surface area contributed by atoms with Gasteiger partial charge in [0, 0.05) is 20.2 Å². The lowest BCUT2D eigenvalue weighted by Gasteiger charge is -2.12. The van der Waals surface area contributed by atoms with E-state index in [4.69, 9.17) is 4.74 Å². The van der Waals surface area contributed by atoms with Crippen molar-refractivity contribution in [2.24, 2.45) is 0 Å². The summed E-state index contributed by atoms with van der Waals surface area (Å²) in [4.78, 5) is 12.0. The van der Waals surface area contributed by atoms with Crippen molar-refractivity contribution in [3.63, 3.8) is 0 Å². The summed E-state index contributed by atoms with van der Waals surface area (Å²) < 4.78 is 5.24. The molecule has 1 aromatic rings. The number of aryl methyl sites for hydroxylation is 1. The van der Waals surface area contributed by atoms with Crippen LogP contribution in [-0.4, -0.2) is 38.3 Å². The van der Waals surface area contributed by atoms with Gasteiger partial charge in [-0.2, -0.15) is 0 Å². The van der Waals surface area contributed by atoms with E-state index in [1.54, 1.807) is 7.11 Å². The molecule has 1 aliphatic rings. The Morgan fingerprint density at radius 1 is 1.47 bits per heavy atom. The molecule has 0 radical (unpaired) electrons. The van der Waals surface area contributed by atoms with Crippen molar-refractivity contribution < 1.29 is 9.53 Å². The van der Waals surface area contributed by atoms with Crippen LogP contribution in [0.15, 0.2) is 24.3 Å². The Kier molecular flexibility index (Phi) is 4.93. The third kappa shape index (κ3) is 3.78. The van der Waals surface area contributed by atoms with Gasteiger partial charge in [-0.15, -0.1) is 0 Å². The van der Waals surface area contributed by atoms with Crippen molar-refractivity contribution in [3.05, 3.63) is 35.4 Å². The number of nitrogens with one attached hydrogen (secondary N) is 2. The molecule has 0 aromatic heterocycles. The van der Waals surface area contributed by atoms with Gasteiger partial charge in [-0.1, -0.05) is 24.3 Å². The number of rotatable bonds is 5. The van der Waals surface area contributed by atoms with E-state index in [-0.39, 0.29) is 18.1 Å². The topological polar surface area (TPSA) is 50.4 Å². The predicted molar refractivity (Wildman–Crippen MR) is 75.1 cm³/mol. The number of carbonyl (C=O) groups is 1. The zero-order valence-electron chi connectivity index (χ0n) is 11.6. The van der Waals surface area contributed by atoms with E-state index in [0.29, 0.717) is 6.54 Å². The van der Waals surface area contributed by atoms with Crippen LogP contribution in [0, 0.1) is 6.92 Å². The summed E-state index contributed by atoms with van der Waals surface area (Å²) in [5.41, 5.74) is 2.56. The van der Waals surface area contributed by atoms with Crippen LogP contribution in [-0.2, 0) is 16.0 Å². The van der Waals surface area contributed by atoms with Crippen molar-refractivity contribution in [1.82, 2.24) is 10.6 Å². The van der Waals surface area contributed by atoms with Gasteiger partial charge in [-0.25, -0.2) is 0 Å². The fraction of sp³-hybridized carbons (Fsp3) is 0.533. The zero-order valence-corrected chi connectivity index (χ0v) is 11.6. The third-order valence-corrected chi connectivity index (χ3v) is 3.70. The van der Waals surface area contributed by atoms with E-state index in [0.717, 1.165) is 19.4 Å². The number of benzene rings is 1. The average molecular weight is 262 g/mol. The second kappa shape index (κ2) is 6.68. The first-order valence-electron chi connectivity index (χ1n) is 6.79. The highest BCUT2D eigenvalue weighted by Gasteiger charge is 2.28. The molecular formula is C15H22N2O2. The maximum Gasteiger partial charge on any atom is 0.237 e. The first-order chi connectivity index (χ1) is 9.20. The summed E-state index contributed by atoms with van der Waals surface area (Å²) in [5.74, 6) is 0.0770. The van der Waals surface area contributed by atoms with Crippen LogP contribution in [0.1, 0.15) is 17.5 Å². The number of methoxy groups -OCH3 is 1. The molecule has 104 valence electrons. The van der Waals surface area contributed by atoms with E-state index in [9.17, 15) is 4.79 Å². The molecule has 1 amide bonds. The van der Waals surface area contributed by atoms with Gasteiger partial charge in [0.2, 0.25) is 5.91 Å². The number of ether oxygens (including phenoxy) is 1. The van der Waals surface area contributed by atoms with E-state index < -0.39 is 0 Å². The van der Waals surface area contributed by atoms with Crippen LogP contribution in [0.25, 0.3) is 0 Å². The molecule has 0 spiro atoms. The Bertz CT molecular complexity index is 434.